The molecule has 0 bridgehead atoms. The van der Waals surface area contributed by atoms with Crippen LogP contribution >= 0.6 is 11.6 Å². The van der Waals surface area contributed by atoms with Gasteiger partial charge in [-0.15, -0.1) is 0 Å². The van der Waals surface area contributed by atoms with E-state index in [0.717, 1.165) is 23.0 Å². The molecule has 1 heterocycles. The summed E-state index contributed by atoms with van der Waals surface area (Å²) >= 11 is 6.59. The molecule has 6 nitrogen and oxygen atoms in total. The molecule has 7 heteroatoms. The highest BCUT2D eigenvalue weighted by Crippen LogP contribution is 2.45. The van der Waals surface area contributed by atoms with E-state index < -0.39 is 0 Å². The number of fused-ring (bicyclic) bond motifs is 2. The zero-order valence-electron chi connectivity index (χ0n) is 21.4. The Hall–Kier alpha value is -3.97. The van der Waals surface area contributed by atoms with Gasteiger partial charge < -0.3 is 9.84 Å². The molecule has 0 spiro atoms. The summed E-state index contributed by atoms with van der Waals surface area (Å²) in [5, 5.41) is 15.9. The molecule has 0 amide bonds. The van der Waals surface area contributed by atoms with Gasteiger partial charge in [0.25, 0.3) is 0 Å². The van der Waals surface area contributed by atoms with Crippen molar-refractivity contribution in [3.05, 3.63) is 118 Å². The first-order chi connectivity index (χ1) is 19.1. The van der Waals surface area contributed by atoms with Crippen LogP contribution in [0, 0.1) is 0 Å². The minimum absolute atomic E-state index is 0.0711. The van der Waals surface area contributed by atoms with Crippen molar-refractivity contribution < 1.29 is 14.6 Å². The van der Waals surface area contributed by atoms with Gasteiger partial charge >= 0.3 is 0 Å². The zero-order valence-corrected chi connectivity index (χ0v) is 22.1. The van der Waals surface area contributed by atoms with Gasteiger partial charge in [-0.05, 0) is 29.3 Å². The molecule has 1 aromatic heterocycles. The van der Waals surface area contributed by atoms with Crippen LogP contribution < -0.4 is 4.74 Å². The largest absolute Gasteiger partial charge is 0.488 e. The van der Waals surface area contributed by atoms with Gasteiger partial charge in [-0.2, -0.15) is 5.10 Å². The molecule has 6 rings (SSSR count). The molecular formula is C32H28ClN3O3. The van der Waals surface area contributed by atoms with Crippen LogP contribution in [0.4, 0.5) is 0 Å². The molecule has 1 N–H and O–H groups in total. The smallest absolute Gasteiger partial charge is 0.196 e. The quantitative estimate of drug-likeness (QED) is 0.233. The van der Waals surface area contributed by atoms with Crippen molar-refractivity contribution >= 4 is 28.3 Å². The lowest BCUT2D eigenvalue weighted by Crippen LogP contribution is -2.30. The number of hydrogen-bond acceptors (Lipinski definition) is 5. The molecule has 1 aliphatic rings. The normalized spacial score (nSPS) is 12.2. The molecule has 0 atom stereocenters. The third kappa shape index (κ3) is 4.94. The summed E-state index contributed by atoms with van der Waals surface area (Å²) in [7, 11) is 0. The number of carbonyl (C=O) groups is 1. The molecule has 0 aliphatic heterocycles. The van der Waals surface area contributed by atoms with Crippen molar-refractivity contribution in [2.24, 2.45) is 0 Å². The molecule has 0 saturated heterocycles. The molecule has 196 valence electrons. The summed E-state index contributed by atoms with van der Waals surface area (Å²) in [6.07, 6.45) is 0. The molecule has 0 unspecified atom stereocenters. The maximum atomic E-state index is 13.7. The van der Waals surface area contributed by atoms with Crippen LogP contribution in [0.1, 0.15) is 27.0 Å². The van der Waals surface area contributed by atoms with Crippen molar-refractivity contribution in [1.29, 1.82) is 0 Å². The van der Waals surface area contributed by atoms with E-state index in [1.54, 1.807) is 6.07 Å². The lowest BCUT2D eigenvalue weighted by molar-refractivity contribution is 0.104. The molecule has 0 fully saturated rings. The minimum atomic E-state index is -0.121. The van der Waals surface area contributed by atoms with Crippen molar-refractivity contribution in [3.63, 3.8) is 0 Å². The fraction of sp³-hybridized carbons (Fsp3) is 0.188. The molecule has 5 aromatic rings. The van der Waals surface area contributed by atoms with Crippen LogP contribution in [-0.2, 0) is 19.7 Å². The summed E-state index contributed by atoms with van der Waals surface area (Å²) in [4.78, 5) is 15.9. The second-order valence-electron chi connectivity index (χ2n) is 9.66. The number of nitrogens with zero attached hydrogens (tertiary/aromatic N) is 3. The number of aliphatic hydroxyl groups excluding tert-OH is 1. The first kappa shape index (κ1) is 25.3. The number of rotatable bonds is 10. The first-order valence-corrected chi connectivity index (χ1v) is 13.4. The van der Waals surface area contributed by atoms with Crippen LogP contribution in [0.3, 0.4) is 0 Å². The fourth-order valence-corrected chi connectivity index (χ4v) is 5.50. The monoisotopic (exact) mass is 537 g/mol. The van der Waals surface area contributed by atoms with Gasteiger partial charge in [0.15, 0.2) is 5.78 Å². The lowest BCUT2D eigenvalue weighted by Gasteiger charge is -2.21. The number of hydrogen-bond donors (Lipinski definition) is 1. The van der Waals surface area contributed by atoms with Crippen molar-refractivity contribution in [2.75, 3.05) is 19.7 Å². The highest BCUT2D eigenvalue weighted by atomic mass is 35.5. The molecule has 1 aliphatic carbocycles. The van der Waals surface area contributed by atoms with E-state index in [1.165, 1.54) is 5.56 Å². The van der Waals surface area contributed by atoms with Gasteiger partial charge in [0.2, 0.25) is 0 Å². The second kappa shape index (κ2) is 11.0. The number of carbonyl (C=O) groups excluding carboxylic acids is 1. The Bertz CT molecular complexity index is 1630. The Balaban J connectivity index is 1.37. The maximum Gasteiger partial charge on any atom is 0.196 e. The number of halogens is 1. The van der Waals surface area contributed by atoms with Crippen molar-refractivity contribution in [1.82, 2.24) is 14.7 Å². The highest BCUT2D eigenvalue weighted by molar-refractivity contribution is 6.39. The molecule has 4 aromatic carbocycles. The Morgan fingerprint density at radius 2 is 1.59 bits per heavy atom. The fourth-order valence-electron chi connectivity index (χ4n) is 5.26. The Morgan fingerprint density at radius 1 is 0.846 bits per heavy atom. The zero-order chi connectivity index (χ0) is 26.8. The van der Waals surface area contributed by atoms with Crippen molar-refractivity contribution in [2.45, 2.75) is 19.7 Å². The SMILES string of the molecule is O=C1c2cccc(OCc3ccccc3)c2-c2nn(CCN(CCO)Cc3ccccc3)c3ccc(Cl)c1c23. The standard InChI is InChI=1S/C32H28ClN3O3/c33-25-14-15-26-30-29(25)32(38)24-12-7-13-27(39-21-23-10-5-2-6-11-23)28(24)31(30)34-36(26)17-16-35(18-19-37)20-22-8-3-1-4-9-22/h1-15,37H,16-21H2. The second-order valence-corrected chi connectivity index (χ2v) is 10.1. The van der Waals surface area contributed by atoms with Crippen molar-refractivity contribution in [3.8, 4) is 17.0 Å². The molecule has 39 heavy (non-hydrogen) atoms. The summed E-state index contributed by atoms with van der Waals surface area (Å²) in [6.45, 7) is 2.99. The summed E-state index contributed by atoms with van der Waals surface area (Å²) in [5.41, 5.74) is 5.51. The topological polar surface area (TPSA) is 67.6 Å². The third-order valence-corrected chi connectivity index (χ3v) is 7.45. The van der Waals surface area contributed by atoms with E-state index in [2.05, 4.69) is 17.0 Å². The van der Waals surface area contributed by atoms with Gasteiger partial charge in [0.05, 0.1) is 34.8 Å². The lowest BCUT2D eigenvalue weighted by atomic mass is 9.87. The summed E-state index contributed by atoms with van der Waals surface area (Å²) in [6, 6.07) is 29.4. The van der Waals surface area contributed by atoms with Gasteiger partial charge in [-0.25, -0.2) is 0 Å². The van der Waals surface area contributed by atoms with Crippen LogP contribution in [0.15, 0.2) is 91.0 Å². The molecular weight excluding hydrogens is 510 g/mol. The number of benzene rings is 4. The number of ether oxygens (including phenoxy) is 1. The Labute approximate surface area is 232 Å². The highest BCUT2D eigenvalue weighted by Gasteiger charge is 2.33. The van der Waals surface area contributed by atoms with E-state index in [9.17, 15) is 9.90 Å². The van der Waals surface area contributed by atoms with Gasteiger partial charge in [0, 0.05) is 30.6 Å². The van der Waals surface area contributed by atoms with Crippen LogP contribution in [-0.4, -0.2) is 45.3 Å². The van der Waals surface area contributed by atoms with E-state index >= 15 is 0 Å². The average molecular weight is 538 g/mol. The number of ketones is 1. The average Bonchev–Trinajstić information content (AvgIpc) is 3.33. The Morgan fingerprint density at radius 3 is 2.33 bits per heavy atom. The van der Waals surface area contributed by atoms with Crippen LogP contribution in [0.5, 0.6) is 5.75 Å². The van der Waals surface area contributed by atoms with Crippen LogP contribution in [0.25, 0.3) is 22.2 Å². The van der Waals surface area contributed by atoms with E-state index in [-0.39, 0.29) is 12.4 Å². The maximum absolute atomic E-state index is 13.7. The van der Waals surface area contributed by atoms with E-state index in [1.807, 2.05) is 77.5 Å². The Kier molecular flexibility index (Phi) is 7.16. The van der Waals surface area contributed by atoms with Gasteiger partial charge in [-0.1, -0.05) is 84.4 Å². The minimum Gasteiger partial charge on any atom is -0.488 e. The number of aromatic nitrogens is 2. The third-order valence-electron chi connectivity index (χ3n) is 7.13. The summed E-state index contributed by atoms with van der Waals surface area (Å²) < 4.78 is 8.19. The van der Waals surface area contributed by atoms with Gasteiger partial charge in [0.1, 0.15) is 18.1 Å². The summed E-state index contributed by atoms with van der Waals surface area (Å²) in [5.74, 6) is 0.497. The van der Waals surface area contributed by atoms with E-state index in [0.29, 0.717) is 59.4 Å². The van der Waals surface area contributed by atoms with E-state index in [4.69, 9.17) is 21.4 Å². The van der Waals surface area contributed by atoms with Crippen LogP contribution in [0.2, 0.25) is 5.02 Å². The number of aliphatic hydroxyl groups is 1. The molecule has 0 radical (unpaired) electrons. The predicted molar refractivity (Wildman–Crippen MR) is 153 cm³/mol. The first-order valence-electron chi connectivity index (χ1n) is 13.0. The predicted octanol–water partition coefficient (Wildman–Crippen LogP) is 5.97. The molecule has 0 saturated carbocycles. The van der Waals surface area contributed by atoms with Gasteiger partial charge in [-0.3, -0.25) is 14.4 Å².